The molecule has 2 atom stereocenters. The summed E-state index contributed by atoms with van der Waals surface area (Å²) in [6, 6.07) is 0. The molecule has 1 aliphatic heterocycles. The van der Waals surface area contributed by atoms with Gasteiger partial charge in [0.15, 0.2) is 0 Å². The summed E-state index contributed by atoms with van der Waals surface area (Å²) in [5.74, 6) is 0. The van der Waals surface area contributed by atoms with Crippen molar-refractivity contribution >= 4 is 0 Å². The Labute approximate surface area is 68.0 Å². The van der Waals surface area contributed by atoms with Crippen LogP contribution in [0.25, 0.3) is 0 Å². The molecule has 3 nitrogen and oxygen atoms in total. The van der Waals surface area contributed by atoms with E-state index in [0.29, 0.717) is 0 Å². The van der Waals surface area contributed by atoms with Crippen LogP contribution in [0.2, 0.25) is 0 Å². The zero-order valence-electron chi connectivity index (χ0n) is 7.29. The van der Waals surface area contributed by atoms with Gasteiger partial charge in [0, 0.05) is 20.2 Å². The lowest BCUT2D eigenvalue weighted by Crippen LogP contribution is -2.25. The Morgan fingerprint density at radius 2 is 2.27 bits per heavy atom. The Balaban J connectivity index is 2.30. The molecule has 0 aromatic rings. The van der Waals surface area contributed by atoms with Crippen LogP contribution in [0.5, 0.6) is 0 Å². The van der Waals surface area contributed by atoms with Crippen molar-refractivity contribution in [2.24, 2.45) is 0 Å². The van der Waals surface area contributed by atoms with E-state index >= 15 is 0 Å². The first-order valence-corrected chi connectivity index (χ1v) is 4.21. The summed E-state index contributed by atoms with van der Waals surface area (Å²) in [6.45, 7) is 4.86. The van der Waals surface area contributed by atoms with E-state index in [4.69, 9.17) is 4.74 Å². The van der Waals surface area contributed by atoms with Gasteiger partial charge in [-0.25, -0.2) is 0 Å². The molecule has 1 heterocycles. The van der Waals surface area contributed by atoms with E-state index in [1.807, 2.05) is 0 Å². The van der Waals surface area contributed by atoms with E-state index < -0.39 is 0 Å². The lowest BCUT2D eigenvalue weighted by Gasteiger charge is -2.12. The fraction of sp³-hybridized carbons (Fsp3) is 1.00. The van der Waals surface area contributed by atoms with Crippen molar-refractivity contribution in [1.29, 1.82) is 0 Å². The first kappa shape index (κ1) is 8.97. The second-order valence-corrected chi connectivity index (χ2v) is 3.10. The van der Waals surface area contributed by atoms with Gasteiger partial charge >= 0.3 is 0 Å². The quantitative estimate of drug-likeness (QED) is 0.633. The maximum Gasteiger partial charge on any atom is 0.0969 e. The number of hydrogen-bond acceptors (Lipinski definition) is 3. The van der Waals surface area contributed by atoms with E-state index in [1.54, 1.807) is 7.11 Å². The Hall–Kier alpha value is -0.120. The number of likely N-dealkylation sites (tertiary alicyclic amines) is 1. The minimum atomic E-state index is -0.286. The second-order valence-electron chi connectivity index (χ2n) is 3.10. The summed E-state index contributed by atoms with van der Waals surface area (Å²) in [6.07, 6.45) is 0.886. The summed E-state index contributed by atoms with van der Waals surface area (Å²) in [5, 5.41) is 9.42. The zero-order chi connectivity index (χ0) is 8.27. The smallest absolute Gasteiger partial charge is 0.0969 e. The van der Waals surface area contributed by atoms with Crippen molar-refractivity contribution in [3.05, 3.63) is 0 Å². The highest BCUT2D eigenvalue weighted by molar-refractivity contribution is 4.83. The fourth-order valence-corrected chi connectivity index (χ4v) is 1.56. The number of rotatable bonds is 3. The molecule has 1 N–H and O–H groups in total. The molecule has 1 rings (SSSR count). The van der Waals surface area contributed by atoms with Crippen LogP contribution >= 0.6 is 0 Å². The number of hydrogen-bond donors (Lipinski definition) is 1. The van der Waals surface area contributed by atoms with Crippen LogP contribution in [0.15, 0.2) is 0 Å². The monoisotopic (exact) mass is 159 g/mol. The van der Waals surface area contributed by atoms with Gasteiger partial charge in [-0.15, -0.1) is 0 Å². The highest BCUT2D eigenvalue weighted by atomic mass is 16.5. The van der Waals surface area contributed by atoms with Crippen LogP contribution in [-0.2, 0) is 4.74 Å². The van der Waals surface area contributed by atoms with Gasteiger partial charge in [-0.1, -0.05) is 6.92 Å². The van der Waals surface area contributed by atoms with Crippen molar-refractivity contribution in [3.63, 3.8) is 0 Å². The van der Waals surface area contributed by atoms with Crippen molar-refractivity contribution in [2.45, 2.75) is 25.6 Å². The number of aliphatic hydroxyl groups excluding tert-OH is 1. The van der Waals surface area contributed by atoms with Gasteiger partial charge in [-0.2, -0.15) is 0 Å². The normalized spacial score (nSPS) is 33.0. The molecule has 1 aliphatic rings. The predicted octanol–water partition coefficient (Wildman–Crippen LogP) is 0.0879. The fourth-order valence-electron chi connectivity index (χ4n) is 1.56. The summed E-state index contributed by atoms with van der Waals surface area (Å²) < 4.78 is 5.11. The van der Waals surface area contributed by atoms with Crippen LogP contribution in [0, 0.1) is 0 Å². The zero-order valence-corrected chi connectivity index (χ0v) is 7.29. The molecular formula is C8H17NO2. The second kappa shape index (κ2) is 4.04. The van der Waals surface area contributed by atoms with Crippen molar-refractivity contribution in [1.82, 2.24) is 4.90 Å². The van der Waals surface area contributed by atoms with Gasteiger partial charge in [0.2, 0.25) is 0 Å². The van der Waals surface area contributed by atoms with Crippen molar-refractivity contribution in [2.75, 3.05) is 26.7 Å². The van der Waals surface area contributed by atoms with E-state index in [-0.39, 0.29) is 12.2 Å². The summed E-state index contributed by atoms with van der Waals surface area (Å²) >= 11 is 0. The lowest BCUT2D eigenvalue weighted by molar-refractivity contribution is 0.0215. The standard InChI is InChI=1S/C8H17NO2/c1-3-4-9-5-7(10)8(6-9)11-2/h7-8,10H,3-6H2,1-2H3/t7-,8+/m0/s1. The highest BCUT2D eigenvalue weighted by Gasteiger charge is 2.30. The molecule has 1 saturated heterocycles. The van der Waals surface area contributed by atoms with Crippen molar-refractivity contribution in [3.8, 4) is 0 Å². The molecule has 66 valence electrons. The van der Waals surface area contributed by atoms with E-state index in [2.05, 4.69) is 11.8 Å². The first-order chi connectivity index (χ1) is 5.27. The average molecular weight is 159 g/mol. The van der Waals surface area contributed by atoms with Gasteiger partial charge < -0.3 is 9.84 Å². The molecule has 11 heavy (non-hydrogen) atoms. The third kappa shape index (κ3) is 2.15. The third-order valence-corrected chi connectivity index (χ3v) is 2.16. The topological polar surface area (TPSA) is 32.7 Å². The minimum absolute atomic E-state index is 0.0292. The Morgan fingerprint density at radius 3 is 2.73 bits per heavy atom. The number of aliphatic hydroxyl groups is 1. The molecular weight excluding hydrogens is 142 g/mol. The third-order valence-electron chi connectivity index (χ3n) is 2.16. The van der Waals surface area contributed by atoms with Gasteiger partial charge in [0.05, 0.1) is 12.2 Å². The molecule has 0 bridgehead atoms. The molecule has 0 unspecified atom stereocenters. The minimum Gasteiger partial charge on any atom is -0.389 e. The Bertz CT molecular complexity index is 119. The highest BCUT2D eigenvalue weighted by Crippen LogP contribution is 2.12. The van der Waals surface area contributed by atoms with Gasteiger partial charge in [-0.3, -0.25) is 4.90 Å². The molecule has 0 aliphatic carbocycles. The molecule has 0 aromatic heterocycles. The average Bonchev–Trinajstić information content (AvgIpc) is 2.32. The SMILES string of the molecule is CCCN1C[C@H](O)[C@H](OC)C1. The van der Waals surface area contributed by atoms with Crippen LogP contribution in [-0.4, -0.2) is 49.0 Å². The van der Waals surface area contributed by atoms with Crippen LogP contribution in [0.1, 0.15) is 13.3 Å². The van der Waals surface area contributed by atoms with Crippen molar-refractivity contribution < 1.29 is 9.84 Å². The molecule has 0 radical (unpaired) electrons. The van der Waals surface area contributed by atoms with Crippen LogP contribution in [0.3, 0.4) is 0 Å². The predicted molar refractivity (Wildman–Crippen MR) is 43.5 cm³/mol. The van der Waals surface area contributed by atoms with Crippen LogP contribution < -0.4 is 0 Å². The van der Waals surface area contributed by atoms with Gasteiger partial charge in [-0.05, 0) is 13.0 Å². The van der Waals surface area contributed by atoms with Crippen LogP contribution in [0.4, 0.5) is 0 Å². The van der Waals surface area contributed by atoms with Gasteiger partial charge in [0.25, 0.3) is 0 Å². The summed E-state index contributed by atoms with van der Waals surface area (Å²) in [7, 11) is 1.66. The number of β-amino-alcohol motifs (C(OH)–C–C–N with tert-alkyl or cyclic N) is 1. The maximum absolute atomic E-state index is 9.42. The van der Waals surface area contributed by atoms with Gasteiger partial charge in [0.1, 0.15) is 0 Å². The first-order valence-electron chi connectivity index (χ1n) is 4.21. The van der Waals surface area contributed by atoms with E-state index in [0.717, 1.165) is 26.1 Å². The molecule has 3 heteroatoms. The maximum atomic E-state index is 9.42. The number of methoxy groups -OCH3 is 1. The molecule has 1 fully saturated rings. The molecule has 0 aromatic carbocycles. The summed E-state index contributed by atoms with van der Waals surface area (Å²) in [4.78, 5) is 2.23. The number of nitrogens with zero attached hydrogens (tertiary/aromatic N) is 1. The molecule has 0 spiro atoms. The van der Waals surface area contributed by atoms with E-state index in [9.17, 15) is 5.11 Å². The molecule has 0 amide bonds. The molecule has 0 saturated carbocycles. The lowest BCUT2D eigenvalue weighted by atomic mass is 10.3. The Kier molecular flexibility index (Phi) is 3.30. The van der Waals surface area contributed by atoms with E-state index in [1.165, 1.54) is 0 Å². The number of ether oxygens (including phenoxy) is 1. The summed E-state index contributed by atoms with van der Waals surface area (Å²) in [5.41, 5.74) is 0. The Morgan fingerprint density at radius 1 is 1.55 bits per heavy atom. The largest absolute Gasteiger partial charge is 0.389 e.